The number of hydrogen-bond acceptors (Lipinski definition) is 5. The molecule has 198 valence electrons. The second-order valence-electron chi connectivity index (χ2n) is 9.90. The predicted octanol–water partition coefficient (Wildman–Crippen LogP) is 4.47. The number of hydrogen-bond donors (Lipinski definition) is 1. The first-order valence-corrected chi connectivity index (χ1v) is 13.4. The SMILES string of the molecule is CNC(=O)c1ccc(-n2c(N3CCC[C@H]3C)nc3c(c2=O)C[C@@H](C)N(C(=O)c2ccc(Cl)c(Cl)c2)C3)cc1. The van der Waals surface area contributed by atoms with Crippen molar-refractivity contribution in [3.63, 3.8) is 0 Å². The molecule has 0 saturated carbocycles. The minimum absolute atomic E-state index is 0.148. The average Bonchev–Trinajstić information content (AvgIpc) is 3.35. The van der Waals surface area contributed by atoms with Crippen LogP contribution in [0.15, 0.2) is 47.3 Å². The summed E-state index contributed by atoms with van der Waals surface area (Å²) in [5.74, 6) is 0.179. The molecule has 8 nitrogen and oxygen atoms in total. The van der Waals surface area contributed by atoms with Crippen molar-refractivity contribution in [2.24, 2.45) is 0 Å². The van der Waals surface area contributed by atoms with Crippen LogP contribution in [0.2, 0.25) is 10.0 Å². The van der Waals surface area contributed by atoms with E-state index in [2.05, 4.69) is 17.1 Å². The summed E-state index contributed by atoms with van der Waals surface area (Å²) in [5, 5.41) is 3.32. The Kier molecular flexibility index (Phi) is 7.20. The highest BCUT2D eigenvalue weighted by atomic mass is 35.5. The molecule has 0 unspecified atom stereocenters. The fourth-order valence-electron chi connectivity index (χ4n) is 5.28. The largest absolute Gasteiger partial charge is 0.355 e. The first kappa shape index (κ1) is 26.3. The lowest BCUT2D eigenvalue weighted by molar-refractivity contribution is 0.0653. The first-order chi connectivity index (χ1) is 18.2. The molecule has 5 rings (SSSR count). The number of rotatable bonds is 4. The Hall–Kier alpha value is -3.36. The third-order valence-electron chi connectivity index (χ3n) is 7.45. The van der Waals surface area contributed by atoms with Crippen LogP contribution in [0.5, 0.6) is 0 Å². The van der Waals surface area contributed by atoms with E-state index in [1.165, 1.54) is 0 Å². The monoisotopic (exact) mass is 553 g/mol. The molecule has 0 spiro atoms. The number of carbonyl (C=O) groups excluding carboxylic acids is 2. The maximum Gasteiger partial charge on any atom is 0.263 e. The van der Waals surface area contributed by atoms with E-state index in [4.69, 9.17) is 28.2 Å². The Morgan fingerprint density at radius 1 is 1.00 bits per heavy atom. The van der Waals surface area contributed by atoms with Crippen molar-refractivity contribution < 1.29 is 9.59 Å². The van der Waals surface area contributed by atoms with E-state index in [0.29, 0.717) is 50.5 Å². The summed E-state index contributed by atoms with van der Waals surface area (Å²) >= 11 is 12.2. The van der Waals surface area contributed by atoms with Crippen LogP contribution in [-0.2, 0) is 13.0 Å². The third-order valence-corrected chi connectivity index (χ3v) is 8.19. The van der Waals surface area contributed by atoms with E-state index in [1.54, 1.807) is 59.0 Å². The van der Waals surface area contributed by atoms with Crippen LogP contribution < -0.4 is 15.8 Å². The Morgan fingerprint density at radius 3 is 2.34 bits per heavy atom. The molecular weight excluding hydrogens is 525 g/mol. The molecule has 2 atom stereocenters. The number of nitrogens with zero attached hydrogens (tertiary/aromatic N) is 4. The van der Waals surface area contributed by atoms with Gasteiger partial charge in [-0.2, -0.15) is 0 Å². The number of carbonyl (C=O) groups is 2. The number of amides is 2. The van der Waals surface area contributed by atoms with Gasteiger partial charge in [-0.25, -0.2) is 9.55 Å². The molecule has 0 radical (unpaired) electrons. The minimum atomic E-state index is -0.223. The number of anilines is 1. The van der Waals surface area contributed by atoms with Crippen molar-refractivity contribution in [3.05, 3.63) is 85.2 Å². The predicted molar refractivity (Wildman–Crippen MR) is 149 cm³/mol. The van der Waals surface area contributed by atoms with Crippen molar-refractivity contribution in [2.75, 3.05) is 18.5 Å². The Labute approximate surface area is 231 Å². The molecule has 2 aromatic carbocycles. The van der Waals surface area contributed by atoms with Crippen molar-refractivity contribution in [1.29, 1.82) is 0 Å². The maximum absolute atomic E-state index is 14.0. The van der Waals surface area contributed by atoms with Crippen LogP contribution in [0.4, 0.5) is 5.95 Å². The molecule has 2 amide bonds. The van der Waals surface area contributed by atoms with Gasteiger partial charge in [0, 0.05) is 42.4 Å². The van der Waals surface area contributed by atoms with E-state index < -0.39 is 0 Å². The molecular formula is C28H29Cl2N5O3. The molecule has 0 aliphatic carbocycles. The van der Waals surface area contributed by atoms with Gasteiger partial charge in [-0.05, 0) is 75.6 Å². The normalized spacial score (nSPS) is 18.9. The van der Waals surface area contributed by atoms with Gasteiger partial charge in [-0.1, -0.05) is 23.2 Å². The van der Waals surface area contributed by atoms with E-state index in [-0.39, 0.29) is 36.0 Å². The summed E-state index contributed by atoms with van der Waals surface area (Å²) in [6.07, 6.45) is 2.38. The van der Waals surface area contributed by atoms with Gasteiger partial charge >= 0.3 is 0 Å². The van der Waals surface area contributed by atoms with Gasteiger partial charge in [-0.15, -0.1) is 0 Å². The summed E-state index contributed by atoms with van der Waals surface area (Å²) in [4.78, 5) is 48.4. The number of halogens is 2. The van der Waals surface area contributed by atoms with Gasteiger partial charge in [0.15, 0.2) is 0 Å². The number of nitrogens with one attached hydrogen (secondary N) is 1. The standard InChI is InChI=1S/C28H29Cl2N5O3/c1-16-5-4-12-33(16)28-32-24-15-34(26(37)19-8-11-22(29)23(30)14-19)17(2)13-21(24)27(38)35(28)20-9-6-18(7-10-20)25(36)31-3/h6-11,14,16-17H,4-5,12-13,15H2,1-3H3,(H,31,36)/t16-,17-/m1/s1. The third kappa shape index (κ3) is 4.67. The summed E-state index contributed by atoms with van der Waals surface area (Å²) in [6, 6.07) is 11.8. The number of benzene rings is 2. The van der Waals surface area contributed by atoms with Gasteiger partial charge in [0.2, 0.25) is 5.95 Å². The zero-order chi connectivity index (χ0) is 27.1. The second-order valence-corrected chi connectivity index (χ2v) is 10.7. The van der Waals surface area contributed by atoms with Crippen LogP contribution in [0, 0.1) is 0 Å². The van der Waals surface area contributed by atoms with Gasteiger partial charge in [0.05, 0.1) is 28.0 Å². The molecule has 2 aliphatic rings. The highest BCUT2D eigenvalue weighted by Crippen LogP contribution is 2.30. The topological polar surface area (TPSA) is 87.5 Å². The molecule has 3 heterocycles. The molecule has 0 bridgehead atoms. The van der Waals surface area contributed by atoms with Crippen LogP contribution in [-0.4, -0.2) is 51.9 Å². The smallest absolute Gasteiger partial charge is 0.263 e. The fourth-order valence-corrected chi connectivity index (χ4v) is 5.57. The zero-order valence-corrected chi connectivity index (χ0v) is 23.0. The van der Waals surface area contributed by atoms with E-state index in [1.807, 2.05) is 6.92 Å². The summed E-state index contributed by atoms with van der Waals surface area (Å²) in [6.45, 7) is 5.05. The molecule has 1 N–H and O–H groups in total. The van der Waals surface area contributed by atoms with Gasteiger partial charge in [-0.3, -0.25) is 14.4 Å². The van der Waals surface area contributed by atoms with Crippen molar-refractivity contribution in [3.8, 4) is 5.69 Å². The van der Waals surface area contributed by atoms with Crippen molar-refractivity contribution in [2.45, 2.75) is 51.7 Å². The van der Waals surface area contributed by atoms with Crippen LogP contribution in [0.3, 0.4) is 0 Å². The van der Waals surface area contributed by atoms with Crippen molar-refractivity contribution >= 4 is 41.0 Å². The molecule has 38 heavy (non-hydrogen) atoms. The van der Waals surface area contributed by atoms with Crippen LogP contribution >= 0.6 is 23.2 Å². The Balaban J connectivity index is 1.58. The van der Waals surface area contributed by atoms with E-state index in [0.717, 1.165) is 19.4 Å². The number of fused-ring (bicyclic) bond motifs is 1. The fraction of sp³-hybridized carbons (Fsp3) is 0.357. The lowest BCUT2D eigenvalue weighted by atomic mass is 9.98. The molecule has 3 aromatic rings. The van der Waals surface area contributed by atoms with Gasteiger partial charge < -0.3 is 15.1 Å². The lowest BCUT2D eigenvalue weighted by Gasteiger charge is -2.35. The summed E-state index contributed by atoms with van der Waals surface area (Å²) < 4.78 is 1.65. The highest BCUT2D eigenvalue weighted by Gasteiger charge is 2.34. The number of aromatic nitrogens is 2. The van der Waals surface area contributed by atoms with Crippen LogP contribution in [0.1, 0.15) is 58.7 Å². The molecule has 1 aromatic heterocycles. The summed E-state index contributed by atoms with van der Waals surface area (Å²) in [5.41, 5.74) is 2.65. The van der Waals surface area contributed by atoms with Crippen LogP contribution in [0.25, 0.3) is 5.69 Å². The molecule has 1 fully saturated rings. The quantitative estimate of drug-likeness (QED) is 0.514. The Morgan fingerprint density at radius 2 is 1.71 bits per heavy atom. The maximum atomic E-state index is 14.0. The molecule has 1 saturated heterocycles. The zero-order valence-electron chi connectivity index (χ0n) is 21.5. The van der Waals surface area contributed by atoms with E-state index in [9.17, 15) is 14.4 Å². The van der Waals surface area contributed by atoms with Crippen molar-refractivity contribution in [1.82, 2.24) is 19.8 Å². The highest BCUT2D eigenvalue weighted by molar-refractivity contribution is 6.42. The van der Waals surface area contributed by atoms with E-state index >= 15 is 0 Å². The molecule has 2 aliphatic heterocycles. The summed E-state index contributed by atoms with van der Waals surface area (Å²) in [7, 11) is 1.58. The average molecular weight is 554 g/mol. The minimum Gasteiger partial charge on any atom is -0.355 e. The van der Waals surface area contributed by atoms with Gasteiger partial charge in [0.1, 0.15) is 0 Å². The molecule has 10 heteroatoms. The second kappa shape index (κ2) is 10.4. The first-order valence-electron chi connectivity index (χ1n) is 12.7. The lowest BCUT2D eigenvalue weighted by Crippen LogP contribution is -2.46. The van der Waals surface area contributed by atoms with Gasteiger partial charge in [0.25, 0.3) is 17.4 Å². The Bertz CT molecular complexity index is 1470.